The highest BCUT2D eigenvalue weighted by atomic mass is 32.2. The third-order valence-corrected chi connectivity index (χ3v) is 5.76. The summed E-state index contributed by atoms with van der Waals surface area (Å²) in [5.74, 6) is 7.58. The fraction of sp³-hybridized carbons (Fsp3) is 0.667. The average molecular weight is 307 g/mol. The molecule has 0 aromatic heterocycles. The lowest BCUT2D eigenvalue weighted by Gasteiger charge is -2.23. The van der Waals surface area contributed by atoms with E-state index in [4.69, 9.17) is 5.84 Å². The molecule has 1 heterocycles. The van der Waals surface area contributed by atoms with Crippen molar-refractivity contribution in [3.63, 3.8) is 0 Å². The van der Waals surface area contributed by atoms with E-state index in [1.807, 2.05) is 11.8 Å². The van der Waals surface area contributed by atoms with Crippen molar-refractivity contribution < 1.29 is 0 Å². The van der Waals surface area contributed by atoms with Crippen LogP contribution in [0.25, 0.3) is 0 Å². The van der Waals surface area contributed by atoms with Crippen LogP contribution in [0.1, 0.15) is 69.8 Å². The van der Waals surface area contributed by atoms with Gasteiger partial charge in [0.1, 0.15) is 0 Å². The highest BCUT2D eigenvalue weighted by Crippen LogP contribution is 2.41. The van der Waals surface area contributed by atoms with Gasteiger partial charge >= 0.3 is 0 Å². The topological polar surface area (TPSA) is 38.0 Å². The van der Waals surface area contributed by atoms with E-state index in [0.717, 1.165) is 0 Å². The molecule has 1 aliphatic rings. The second-order valence-corrected chi connectivity index (χ2v) is 7.20. The van der Waals surface area contributed by atoms with E-state index in [-0.39, 0.29) is 0 Å². The minimum absolute atomic E-state index is 0.428. The van der Waals surface area contributed by atoms with Gasteiger partial charge in [0.05, 0.1) is 0 Å². The maximum atomic E-state index is 5.83. The molecule has 21 heavy (non-hydrogen) atoms. The maximum absolute atomic E-state index is 5.83. The van der Waals surface area contributed by atoms with Gasteiger partial charge in [-0.1, -0.05) is 70.1 Å². The quantitative estimate of drug-likeness (QED) is 0.369. The van der Waals surface area contributed by atoms with Gasteiger partial charge < -0.3 is 0 Å². The zero-order valence-corrected chi connectivity index (χ0v) is 14.1. The Labute approximate surface area is 134 Å². The summed E-state index contributed by atoms with van der Waals surface area (Å²) in [7, 11) is 0. The van der Waals surface area contributed by atoms with E-state index in [2.05, 4.69) is 36.6 Å². The Morgan fingerprint density at radius 3 is 2.62 bits per heavy atom. The van der Waals surface area contributed by atoms with E-state index in [9.17, 15) is 0 Å². The van der Waals surface area contributed by atoms with Crippen molar-refractivity contribution in [3.8, 4) is 0 Å². The van der Waals surface area contributed by atoms with Crippen LogP contribution in [0.15, 0.2) is 29.2 Å². The number of hydrogen-bond acceptors (Lipinski definition) is 3. The molecule has 118 valence electrons. The number of nitrogens with two attached hydrogens (primary N) is 1. The molecule has 0 saturated carbocycles. The summed E-state index contributed by atoms with van der Waals surface area (Å²) in [6.45, 7) is 2.27. The molecule has 3 N–H and O–H groups in total. The molecule has 0 saturated heterocycles. The maximum Gasteiger partial charge on any atom is 0.0287 e. The minimum atomic E-state index is 0.428. The van der Waals surface area contributed by atoms with E-state index < -0.39 is 0 Å². The zero-order valence-electron chi connectivity index (χ0n) is 13.3. The zero-order chi connectivity index (χ0) is 14.9. The van der Waals surface area contributed by atoms with Gasteiger partial charge in [-0.2, -0.15) is 0 Å². The van der Waals surface area contributed by atoms with Crippen molar-refractivity contribution in [2.75, 3.05) is 5.75 Å². The Balaban J connectivity index is 1.72. The van der Waals surface area contributed by atoms with E-state index in [1.165, 1.54) is 67.6 Å². The molecule has 0 fully saturated rings. The van der Waals surface area contributed by atoms with Gasteiger partial charge in [-0.3, -0.25) is 11.3 Å². The first-order chi connectivity index (χ1) is 10.4. The summed E-state index contributed by atoms with van der Waals surface area (Å²) < 4.78 is 0. The van der Waals surface area contributed by atoms with E-state index in [1.54, 1.807) is 0 Å². The standard InChI is InChI=1S/C18H30N2S/c1-2-3-4-5-6-7-8-12-17(20-19)16-14-21-18-13-10-9-11-15(16)18/h9-11,13,16-17,20H,2-8,12,14,19H2,1H3. The van der Waals surface area contributed by atoms with Crippen LogP contribution in [0.3, 0.4) is 0 Å². The lowest BCUT2D eigenvalue weighted by Crippen LogP contribution is -2.40. The molecule has 2 rings (SSSR count). The first-order valence-corrected chi connectivity index (χ1v) is 9.53. The number of rotatable bonds is 10. The van der Waals surface area contributed by atoms with Crippen LogP contribution in [-0.4, -0.2) is 11.8 Å². The van der Waals surface area contributed by atoms with Gasteiger partial charge in [-0.15, -0.1) is 11.8 Å². The molecule has 2 atom stereocenters. The van der Waals surface area contributed by atoms with Crippen molar-refractivity contribution >= 4 is 11.8 Å². The van der Waals surface area contributed by atoms with Crippen LogP contribution >= 0.6 is 11.8 Å². The Bertz CT molecular complexity index is 408. The molecule has 0 bridgehead atoms. The van der Waals surface area contributed by atoms with Crippen LogP contribution < -0.4 is 11.3 Å². The number of hydrazine groups is 1. The fourth-order valence-electron chi connectivity index (χ4n) is 3.24. The molecule has 1 aromatic rings. The molecular weight excluding hydrogens is 276 g/mol. The van der Waals surface area contributed by atoms with Crippen LogP contribution in [-0.2, 0) is 0 Å². The second kappa shape index (κ2) is 9.50. The molecular formula is C18H30N2S. The molecule has 0 amide bonds. The molecule has 0 spiro atoms. The van der Waals surface area contributed by atoms with Crippen LogP contribution in [0.4, 0.5) is 0 Å². The Morgan fingerprint density at radius 2 is 1.86 bits per heavy atom. The van der Waals surface area contributed by atoms with Crippen LogP contribution in [0.2, 0.25) is 0 Å². The Kier molecular flexibility index (Phi) is 7.62. The lowest BCUT2D eigenvalue weighted by atomic mass is 9.90. The van der Waals surface area contributed by atoms with Gasteiger partial charge in [0.2, 0.25) is 0 Å². The Morgan fingerprint density at radius 1 is 1.14 bits per heavy atom. The average Bonchev–Trinajstić information content (AvgIpc) is 2.94. The summed E-state index contributed by atoms with van der Waals surface area (Å²) in [6, 6.07) is 9.22. The number of unbranched alkanes of at least 4 members (excludes halogenated alkanes) is 6. The number of fused-ring (bicyclic) bond motifs is 1. The van der Waals surface area contributed by atoms with E-state index >= 15 is 0 Å². The number of hydrogen-bond donors (Lipinski definition) is 2. The first kappa shape index (κ1) is 16.9. The normalized spacial score (nSPS) is 18.7. The largest absolute Gasteiger partial charge is 0.271 e. The predicted octanol–water partition coefficient (Wildman–Crippen LogP) is 4.85. The third-order valence-electron chi connectivity index (χ3n) is 4.56. The van der Waals surface area contributed by atoms with Gasteiger partial charge in [0, 0.05) is 22.6 Å². The number of benzene rings is 1. The molecule has 0 aliphatic carbocycles. The number of nitrogens with one attached hydrogen (secondary N) is 1. The van der Waals surface area contributed by atoms with Crippen LogP contribution in [0.5, 0.6) is 0 Å². The second-order valence-electron chi connectivity index (χ2n) is 6.14. The predicted molar refractivity (Wildman–Crippen MR) is 93.6 cm³/mol. The third kappa shape index (κ3) is 5.01. The molecule has 3 heteroatoms. The lowest BCUT2D eigenvalue weighted by molar-refractivity contribution is 0.416. The molecule has 2 nitrogen and oxygen atoms in total. The summed E-state index contributed by atoms with van der Waals surface area (Å²) in [5, 5.41) is 0. The first-order valence-electron chi connectivity index (χ1n) is 8.54. The van der Waals surface area contributed by atoms with Crippen molar-refractivity contribution in [3.05, 3.63) is 29.8 Å². The minimum Gasteiger partial charge on any atom is -0.271 e. The molecule has 0 radical (unpaired) electrons. The highest BCUT2D eigenvalue weighted by Gasteiger charge is 2.29. The monoisotopic (exact) mass is 306 g/mol. The van der Waals surface area contributed by atoms with Gasteiger partial charge in [-0.05, 0) is 18.1 Å². The molecule has 2 unspecified atom stereocenters. The van der Waals surface area contributed by atoms with Crippen molar-refractivity contribution in [1.29, 1.82) is 0 Å². The van der Waals surface area contributed by atoms with E-state index in [0.29, 0.717) is 12.0 Å². The number of thioether (sulfide) groups is 1. The highest BCUT2D eigenvalue weighted by molar-refractivity contribution is 7.99. The van der Waals surface area contributed by atoms with Crippen molar-refractivity contribution in [2.45, 2.75) is 75.1 Å². The van der Waals surface area contributed by atoms with Gasteiger partial charge in [0.25, 0.3) is 0 Å². The van der Waals surface area contributed by atoms with Crippen molar-refractivity contribution in [1.82, 2.24) is 5.43 Å². The summed E-state index contributed by atoms with van der Waals surface area (Å²) in [4.78, 5) is 1.45. The van der Waals surface area contributed by atoms with Crippen molar-refractivity contribution in [2.24, 2.45) is 5.84 Å². The van der Waals surface area contributed by atoms with Crippen LogP contribution in [0, 0.1) is 0 Å². The van der Waals surface area contributed by atoms with Gasteiger partial charge in [-0.25, -0.2) is 0 Å². The van der Waals surface area contributed by atoms with Gasteiger partial charge in [0.15, 0.2) is 0 Å². The Hall–Kier alpha value is -0.510. The SMILES string of the molecule is CCCCCCCCCC(NN)C1CSc2ccccc21. The summed E-state index contributed by atoms with van der Waals surface area (Å²) >= 11 is 1.98. The molecule has 1 aromatic carbocycles. The fourth-order valence-corrected chi connectivity index (χ4v) is 4.57. The smallest absolute Gasteiger partial charge is 0.0287 e. The summed E-state index contributed by atoms with van der Waals surface area (Å²) in [6.07, 6.45) is 10.8. The molecule has 1 aliphatic heterocycles. The summed E-state index contributed by atoms with van der Waals surface area (Å²) in [5.41, 5.74) is 4.58.